The number of carbonyl (C=O) groups excluding carboxylic acids is 2. The Labute approximate surface area is 147 Å². The van der Waals surface area contributed by atoms with Crippen molar-refractivity contribution in [3.8, 4) is 0 Å². The minimum atomic E-state index is -1.37. The number of fused-ring (bicyclic) bond motifs is 1. The molecule has 0 aliphatic heterocycles. The highest BCUT2D eigenvalue weighted by molar-refractivity contribution is 6.35. The van der Waals surface area contributed by atoms with Crippen molar-refractivity contribution < 1.29 is 29.0 Å². The molecule has 8 heteroatoms. The van der Waals surface area contributed by atoms with Crippen LogP contribution >= 0.6 is 11.6 Å². The van der Waals surface area contributed by atoms with Gasteiger partial charge in [0.05, 0.1) is 11.6 Å². The lowest BCUT2D eigenvalue weighted by Gasteiger charge is -2.11. The van der Waals surface area contributed by atoms with Gasteiger partial charge in [-0.25, -0.2) is 4.79 Å². The fourth-order valence-corrected chi connectivity index (χ4v) is 3.10. The third-order valence-corrected chi connectivity index (χ3v) is 4.52. The summed E-state index contributed by atoms with van der Waals surface area (Å²) in [5.41, 5.74) is 0.892. The molecule has 3 rings (SSSR count). The number of carboxylic acid groups (broad SMARTS) is 1. The number of furan rings is 1. The predicted molar refractivity (Wildman–Crippen MR) is 88.5 cm³/mol. The van der Waals surface area contributed by atoms with Crippen LogP contribution in [0.4, 0.5) is 0 Å². The summed E-state index contributed by atoms with van der Waals surface area (Å²) < 4.78 is 5.46. The number of Topliss-reactive ketones (excluding diaryl/α,β-unsaturated/α-hetero) is 1. The number of aryl methyl sites for hydroxylation is 1. The zero-order valence-corrected chi connectivity index (χ0v) is 14.0. The van der Waals surface area contributed by atoms with E-state index in [9.17, 15) is 14.4 Å². The number of benzene rings is 1. The van der Waals surface area contributed by atoms with Gasteiger partial charge in [0.2, 0.25) is 5.91 Å². The minimum Gasteiger partial charge on any atom is -0.480 e. The third kappa shape index (κ3) is 3.38. The Balaban J connectivity index is 1.73. The minimum absolute atomic E-state index is 0.223. The zero-order valence-electron chi connectivity index (χ0n) is 13.3. The average molecular weight is 366 g/mol. The van der Waals surface area contributed by atoms with Crippen LogP contribution < -0.4 is 5.32 Å². The number of rotatable bonds is 6. The number of aliphatic hydroxyl groups excluding tert-OH is 1. The van der Waals surface area contributed by atoms with Gasteiger partial charge in [0.1, 0.15) is 11.8 Å². The lowest BCUT2D eigenvalue weighted by molar-refractivity contribution is -0.143. The summed E-state index contributed by atoms with van der Waals surface area (Å²) in [6.07, 6.45) is 0.336. The summed E-state index contributed by atoms with van der Waals surface area (Å²) in [5.74, 6) is -2.54. The number of amides is 1. The van der Waals surface area contributed by atoms with Crippen LogP contribution in [0.2, 0.25) is 5.02 Å². The van der Waals surface area contributed by atoms with Gasteiger partial charge in [0, 0.05) is 22.8 Å². The molecule has 3 N–H and O–H groups in total. The summed E-state index contributed by atoms with van der Waals surface area (Å²) >= 11 is 6.15. The smallest absolute Gasteiger partial charge is 0.328 e. The normalized spacial score (nSPS) is 20.3. The molecule has 25 heavy (non-hydrogen) atoms. The van der Waals surface area contributed by atoms with Crippen LogP contribution in [-0.4, -0.2) is 40.5 Å². The largest absolute Gasteiger partial charge is 0.480 e. The first kappa shape index (κ1) is 17.4. The van der Waals surface area contributed by atoms with E-state index < -0.39 is 36.4 Å². The number of ketones is 1. The van der Waals surface area contributed by atoms with Crippen LogP contribution in [0, 0.1) is 18.8 Å². The monoisotopic (exact) mass is 365 g/mol. The second kappa shape index (κ2) is 6.50. The quantitative estimate of drug-likeness (QED) is 0.672. The molecule has 1 fully saturated rings. The first-order chi connectivity index (χ1) is 11.8. The van der Waals surface area contributed by atoms with Crippen molar-refractivity contribution in [3.63, 3.8) is 0 Å². The maximum absolute atomic E-state index is 12.6. The number of hydrogen-bond acceptors (Lipinski definition) is 5. The molecule has 1 aliphatic rings. The zero-order chi connectivity index (χ0) is 18.3. The number of halogens is 1. The summed E-state index contributed by atoms with van der Waals surface area (Å²) in [6, 6.07) is 3.58. The van der Waals surface area contributed by atoms with Gasteiger partial charge in [-0.05, 0) is 31.5 Å². The molecule has 0 saturated heterocycles. The van der Waals surface area contributed by atoms with Crippen LogP contribution in [0.3, 0.4) is 0 Å². The standard InChI is InChI=1S/C17H16ClNO6/c1-7-2-9-3-8(4-12(18)15(9)25-7)14(21)10-5-11(10)16(22)19-13(6-20)17(23)24/h2-4,10-11,13,20H,5-6H2,1H3,(H,19,22)(H,23,24)/t10-,11-,13-/m0/s1. The topological polar surface area (TPSA) is 117 Å². The summed E-state index contributed by atoms with van der Waals surface area (Å²) in [6.45, 7) is 1.07. The van der Waals surface area contributed by atoms with E-state index in [4.69, 9.17) is 26.2 Å². The SMILES string of the molecule is Cc1cc2cc(C(=O)[C@H]3C[C@@H]3C(=O)N[C@@H](CO)C(=O)O)cc(Cl)c2o1. The van der Waals surface area contributed by atoms with Crippen molar-refractivity contribution in [2.45, 2.75) is 19.4 Å². The molecule has 1 amide bonds. The Morgan fingerprint density at radius 3 is 2.68 bits per heavy atom. The van der Waals surface area contributed by atoms with Gasteiger partial charge < -0.3 is 19.9 Å². The van der Waals surface area contributed by atoms with Crippen LogP contribution in [0.25, 0.3) is 11.0 Å². The Morgan fingerprint density at radius 1 is 1.32 bits per heavy atom. The van der Waals surface area contributed by atoms with Crippen molar-refractivity contribution in [1.82, 2.24) is 5.32 Å². The van der Waals surface area contributed by atoms with E-state index in [0.29, 0.717) is 33.7 Å². The highest BCUT2D eigenvalue weighted by atomic mass is 35.5. The Morgan fingerprint density at radius 2 is 2.04 bits per heavy atom. The number of nitrogens with one attached hydrogen (secondary N) is 1. The third-order valence-electron chi connectivity index (χ3n) is 4.24. The van der Waals surface area contributed by atoms with Gasteiger partial charge in [-0.3, -0.25) is 9.59 Å². The lowest BCUT2D eigenvalue weighted by Crippen LogP contribution is -2.44. The maximum atomic E-state index is 12.6. The van der Waals surface area contributed by atoms with E-state index in [0.717, 1.165) is 0 Å². The predicted octanol–water partition coefficient (Wildman–Crippen LogP) is 1.78. The first-order valence-electron chi connectivity index (χ1n) is 7.69. The molecule has 2 aromatic rings. The van der Waals surface area contributed by atoms with Crippen molar-refractivity contribution in [2.24, 2.45) is 11.8 Å². The second-order valence-electron chi connectivity index (χ2n) is 6.13. The lowest BCUT2D eigenvalue weighted by atomic mass is 10.0. The first-order valence-corrected chi connectivity index (χ1v) is 8.07. The molecule has 1 aliphatic carbocycles. The molecule has 1 aromatic heterocycles. The molecule has 1 saturated carbocycles. The number of aliphatic carboxylic acids is 1. The fourth-order valence-electron chi connectivity index (χ4n) is 2.83. The van der Waals surface area contributed by atoms with Gasteiger partial charge in [-0.2, -0.15) is 0 Å². The van der Waals surface area contributed by atoms with Gasteiger partial charge in [-0.15, -0.1) is 0 Å². The molecule has 1 aromatic carbocycles. The maximum Gasteiger partial charge on any atom is 0.328 e. The molecule has 0 bridgehead atoms. The average Bonchev–Trinajstić information content (AvgIpc) is 3.26. The Hall–Kier alpha value is -2.38. The van der Waals surface area contributed by atoms with Crippen LogP contribution in [0.1, 0.15) is 22.5 Å². The molecular weight excluding hydrogens is 350 g/mol. The van der Waals surface area contributed by atoms with Crippen LogP contribution in [0.5, 0.6) is 0 Å². The van der Waals surface area contributed by atoms with Crippen molar-refractivity contribution in [2.75, 3.05) is 6.61 Å². The Bertz CT molecular complexity index is 873. The molecule has 0 radical (unpaired) electrons. The summed E-state index contributed by atoms with van der Waals surface area (Å²) in [5, 5.41) is 21.1. The molecule has 7 nitrogen and oxygen atoms in total. The van der Waals surface area contributed by atoms with E-state index in [1.807, 2.05) is 0 Å². The number of hydrogen-bond donors (Lipinski definition) is 3. The van der Waals surface area contributed by atoms with Gasteiger partial charge in [0.25, 0.3) is 0 Å². The summed E-state index contributed by atoms with van der Waals surface area (Å²) in [4.78, 5) is 35.5. The van der Waals surface area contributed by atoms with Crippen molar-refractivity contribution in [3.05, 3.63) is 34.5 Å². The van der Waals surface area contributed by atoms with Crippen LogP contribution in [-0.2, 0) is 9.59 Å². The molecular formula is C17H16ClNO6. The number of carboxylic acids is 1. The molecule has 1 heterocycles. The van der Waals surface area contributed by atoms with E-state index in [2.05, 4.69) is 5.32 Å². The van der Waals surface area contributed by atoms with Gasteiger partial charge in [-0.1, -0.05) is 11.6 Å². The number of carbonyl (C=O) groups is 3. The van der Waals surface area contributed by atoms with E-state index >= 15 is 0 Å². The second-order valence-corrected chi connectivity index (χ2v) is 6.54. The van der Waals surface area contributed by atoms with Gasteiger partial charge in [0.15, 0.2) is 11.4 Å². The van der Waals surface area contributed by atoms with Gasteiger partial charge >= 0.3 is 5.97 Å². The highest BCUT2D eigenvalue weighted by Crippen LogP contribution is 2.42. The molecule has 0 unspecified atom stereocenters. The van der Waals surface area contributed by atoms with E-state index in [1.165, 1.54) is 6.07 Å². The Kier molecular flexibility index (Phi) is 4.53. The fraction of sp³-hybridized carbons (Fsp3) is 0.353. The van der Waals surface area contributed by atoms with Crippen molar-refractivity contribution >= 4 is 40.2 Å². The molecule has 132 valence electrons. The summed E-state index contributed by atoms with van der Waals surface area (Å²) in [7, 11) is 0. The van der Waals surface area contributed by atoms with Crippen molar-refractivity contribution in [1.29, 1.82) is 0 Å². The molecule has 0 spiro atoms. The highest BCUT2D eigenvalue weighted by Gasteiger charge is 2.48. The number of aliphatic hydroxyl groups is 1. The van der Waals surface area contributed by atoms with E-state index in [-0.39, 0.29) is 5.78 Å². The molecule has 3 atom stereocenters. The van der Waals surface area contributed by atoms with E-state index in [1.54, 1.807) is 19.1 Å². The van der Waals surface area contributed by atoms with Crippen LogP contribution in [0.15, 0.2) is 22.6 Å².